The lowest BCUT2D eigenvalue weighted by molar-refractivity contribution is -0.119. The molecule has 1 heterocycles. The van der Waals surface area contributed by atoms with Crippen LogP contribution in [0.3, 0.4) is 0 Å². The lowest BCUT2D eigenvalue weighted by Gasteiger charge is -2.29. The smallest absolute Gasteiger partial charge is 0.406 e. The fourth-order valence-electron chi connectivity index (χ4n) is 2.87. The SMILES string of the molecule is COC(=O)NCCCC(=O)N(c1ccc(N(C)C)cc1)C(C)c1ccccn1. The number of ether oxygens (including phenoxy) is 1. The van der Waals surface area contributed by atoms with Crippen molar-refractivity contribution in [3.63, 3.8) is 0 Å². The molecule has 1 aromatic carbocycles. The van der Waals surface area contributed by atoms with Crippen molar-refractivity contribution in [3.8, 4) is 0 Å². The Hall–Kier alpha value is -3.09. The van der Waals surface area contributed by atoms with Gasteiger partial charge in [0.05, 0.1) is 18.8 Å². The van der Waals surface area contributed by atoms with Crippen LogP contribution in [-0.2, 0) is 9.53 Å². The summed E-state index contributed by atoms with van der Waals surface area (Å²) in [6, 6.07) is 13.3. The molecule has 0 bridgehead atoms. The van der Waals surface area contributed by atoms with Crippen molar-refractivity contribution in [3.05, 3.63) is 54.4 Å². The number of rotatable bonds is 8. The van der Waals surface area contributed by atoms with Crippen molar-refractivity contribution >= 4 is 23.4 Å². The molecule has 2 amide bonds. The summed E-state index contributed by atoms with van der Waals surface area (Å²) in [5.41, 5.74) is 2.69. The quantitative estimate of drug-likeness (QED) is 0.706. The summed E-state index contributed by atoms with van der Waals surface area (Å²) in [7, 11) is 5.26. The largest absolute Gasteiger partial charge is 0.453 e. The summed E-state index contributed by atoms with van der Waals surface area (Å²) >= 11 is 0. The molecule has 2 aromatic rings. The van der Waals surface area contributed by atoms with Crippen molar-refractivity contribution < 1.29 is 14.3 Å². The highest BCUT2D eigenvalue weighted by atomic mass is 16.5. The van der Waals surface area contributed by atoms with Gasteiger partial charge in [-0.3, -0.25) is 9.78 Å². The maximum Gasteiger partial charge on any atom is 0.406 e. The Balaban J connectivity index is 2.18. The first-order valence-electron chi connectivity index (χ1n) is 9.26. The molecule has 0 fully saturated rings. The molecule has 0 radical (unpaired) electrons. The van der Waals surface area contributed by atoms with Gasteiger partial charge in [-0.05, 0) is 49.7 Å². The summed E-state index contributed by atoms with van der Waals surface area (Å²) in [5, 5.41) is 2.60. The molecular formula is C21H28N4O3. The highest BCUT2D eigenvalue weighted by Gasteiger charge is 2.24. The van der Waals surface area contributed by atoms with E-state index in [0.717, 1.165) is 17.1 Å². The highest BCUT2D eigenvalue weighted by molar-refractivity contribution is 5.94. The topological polar surface area (TPSA) is 74.8 Å². The molecule has 0 spiro atoms. The molecule has 1 atom stereocenters. The minimum absolute atomic E-state index is 0.0255. The van der Waals surface area contributed by atoms with E-state index in [1.807, 2.05) is 68.4 Å². The zero-order chi connectivity index (χ0) is 20.5. The van der Waals surface area contributed by atoms with E-state index in [-0.39, 0.29) is 11.9 Å². The Morgan fingerprint density at radius 1 is 1.11 bits per heavy atom. The van der Waals surface area contributed by atoms with Crippen molar-refractivity contribution in [1.29, 1.82) is 0 Å². The third-order valence-corrected chi connectivity index (χ3v) is 4.44. The number of nitrogens with one attached hydrogen (secondary N) is 1. The van der Waals surface area contributed by atoms with Crippen molar-refractivity contribution in [2.45, 2.75) is 25.8 Å². The summed E-state index contributed by atoms with van der Waals surface area (Å²) in [4.78, 5) is 32.4. The standard InChI is InChI=1S/C21H28N4O3/c1-16(19-8-5-6-14-22-19)25(18-12-10-17(11-13-18)24(2)3)20(26)9-7-15-23-21(27)28-4/h5-6,8,10-14,16H,7,9,15H2,1-4H3,(H,23,27). The molecule has 2 rings (SSSR count). The maximum atomic E-state index is 13.0. The molecule has 0 saturated carbocycles. The van der Waals surface area contributed by atoms with Gasteiger partial charge in [-0.1, -0.05) is 6.07 Å². The number of benzene rings is 1. The van der Waals surface area contributed by atoms with E-state index in [9.17, 15) is 9.59 Å². The lowest BCUT2D eigenvalue weighted by atomic mass is 10.1. The Kier molecular flexibility index (Phi) is 7.80. The van der Waals surface area contributed by atoms with Gasteiger partial charge in [-0.15, -0.1) is 0 Å². The van der Waals surface area contributed by atoms with Crippen LogP contribution >= 0.6 is 0 Å². The maximum absolute atomic E-state index is 13.0. The van der Waals surface area contributed by atoms with E-state index >= 15 is 0 Å². The monoisotopic (exact) mass is 384 g/mol. The first kappa shape index (κ1) is 21.2. The second kappa shape index (κ2) is 10.3. The van der Waals surface area contributed by atoms with Crippen LogP contribution in [0.1, 0.15) is 31.5 Å². The number of hydrogen-bond acceptors (Lipinski definition) is 5. The zero-order valence-electron chi connectivity index (χ0n) is 16.9. The average molecular weight is 384 g/mol. The molecule has 0 saturated heterocycles. The van der Waals surface area contributed by atoms with Crippen LogP contribution in [0.2, 0.25) is 0 Å². The minimum atomic E-state index is -0.495. The van der Waals surface area contributed by atoms with Gasteiger partial charge in [0, 0.05) is 44.6 Å². The third-order valence-electron chi connectivity index (χ3n) is 4.44. The van der Waals surface area contributed by atoms with Gasteiger partial charge < -0.3 is 19.9 Å². The molecule has 150 valence electrons. The number of anilines is 2. The number of pyridine rings is 1. The number of amides is 2. The number of hydrogen-bond donors (Lipinski definition) is 1. The van der Waals surface area contributed by atoms with Crippen molar-refractivity contribution in [2.24, 2.45) is 0 Å². The Bertz CT molecular complexity index is 763. The predicted molar refractivity (Wildman–Crippen MR) is 111 cm³/mol. The van der Waals surface area contributed by atoms with E-state index in [1.54, 1.807) is 11.1 Å². The molecule has 28 heavy (non-hydrogen) atoms. The molecule has 7 heteroatoms. The van der Waals surface area contributed by atoms with Crippen LogP contribution in [0.4, 0.5) is 16.2 Å². The van der Waals surface area contributed by atoms with Crippen LogP contribution in [0.15, 0.2) is 48.7 Å². The first-order chi connectivity index (χ1) is 13.4. The summed E-state index contributed by atoms with van der Waals surface area (Å²) in [5.74, 6) is -0.0255. The Morgan fingerprint density at radius 2 is 1.79 bits per heavy atom. The summed E-state index contributed by atoms with van der Waals surface area (Å²) in [6.45, 7) is 2.34. The van der Waals surface area contributed by atoms with Gasteiger partial charge in [0.2, 0.25) is 5.91 Å². The normalized spacial score (nSPS) is 11.4. The number of alkyl carbamates (subject to hydrolysis) is 1. The number of nitrogens with zero attached hydrogens (tertiary/aromatic N) is 3. The van der Waals surface area contributed by atoms with Gasteiger partial charge in [-0.2, -0.15) is 0 Å². The van der Waals surface area contributed by atoms with E-state index in [0.29, 0.717) is 19.4 Å². The highest BCUT2D eigenvalue weighted by Crippen LogP contribution is 2.28. The van der Waals surface area contributed by atoms with Crippen LogP contribution in [0, 0.1) is 0 Å². The second-order valence-electron chi connectivity index (χ2n) is 6.63. The molecule has 0 aliphatic rings. The van der Waals surface area contributed by atoms with Crippen molar-refractivity contribution in [1.82, 2.24) is 10.3 Å². The van der Waals surface area contributed by atoms with Gasteiger partial charge in [0.1, 0.15) is 0 Å². The second-order valence-corrected chi connectivity index (χ2v) is 6.63. The van der Waals surface area contributed by atoms with E-state index in [2.05, 4.69) is 15.0 Å². The summed E-state index contributed by atoms with van der Waals surface area (Å²) in [6.07, 6.45) is 2.06. The average Bonchev–Trinajstić information content (AvgIpc) is 2.72. The first-order valence-corrected chi connectivity index (χ1v) is 9.26. The van der Waals surface area contributed by atoms with Crippen LogP contribution in [-0.4, -0.2) is 44.7 Å². The molecule has 0 aliphatic carbocycles. The fourth-order valence-corrected chi connectivity index (χ4v) is 2.87. The molecular weight excluding hydrogens is 356 g/mol. The minimum Gasteiger partial charge on any atom is -0.453 e. The van der Waals surface area contributed by atoms with Gasteiger partial charge in [-0.25, -0.2) is 4.79 Å². The van der Waals surface area contributed by atoms with Gasteiger partial charge in [0.15, 0.2) is 0 Å². The summed E-state index contributed by atoms with van der Waals surface area (Å²) < 4.78 is 4.54. The molecule has 1 aromatic heterocycles. The Morgan fingerprint density at radius 3 is 2.36 bits per heavy atom. The number of aromatic nitrogens is 1. The predicted octanol–water partition coefficient (Wildman–Crippen LogP) is 3.38. The molecule has 1 unspecified atom stereocenters. The molecule has 7 nitrogen and oxygen atoms in total. The number of methoxy groups -OCH3 is 1. The van der Waals surface area contributed by atoms with E-state index in [1.165, 1.54) is 7.11 Å². The molecule has 0 aliphatic heterocycles. The van der Waals surface area contributed by atoms with Crippen LogP contribution in [0.25, 0.3) is 0 Å². The third kappa shape index (κ3) is 5.70. The fraction of sp³-hybridized carbons (Fsp3) is 0.381. The van der Waals surface area contributed by atoms with E-state index < -0.39 is 6.09 Å². The van der Waals surface area contributed by atoms with Crippen molar-refractivity contribution in [2.75, 3.05) is 37.5 Å². The van der Waals surface area contributed by atoms with Crippen LogP contribution < -0.4 is 15.1 Å². The van der Waals surface area contributed by atoms with Crippen LogP contribution in [0.5, 0.6) is 0 Å². The lowest BCUT2D eigenvalue weighted by Crippen LogP contribution is -2.34. The van der Waals surface area contributed by atoms with E-state index in [4.69, 9.17) is 0 Å². The zero-order valence-corrected chi connectivity index (χ0v) is 16.9. The number of carbonyl (C=O) groups is 2. The van der Waals surface area contributed by atoms with Gasteiger partial charge in [0.25, 0.3) is 0 Å². The van der Waals surface area contributed by atoms with Gasteiger partial charge >= 0.3 is 6.09 Å². The molecule has 1 N–H and O–H groups in total. The Labute approximate surface area is 166 Å². The number of carbonyl (C=O) groups excluding carboxylic acids is 2.